The Morgan fingerprint density at radius 3 is 2.57 bits per heavy atom. The molecule has 0 saturated heterocycles. The van der Waals surface area contributed by atoms with Gasteiger partial charge in [-0.05, 0) is 59.7 Å². The van der Waals surface area contributed by atoms with Gasteiger partial charge in [0.15, 0.2) is 0 Å². The first-order chi connectivity index (χ1) is 18.3. The Hall–Kier alpha value is -4.08. The number of benzene rings is 3. The number of hydrogen-bond donors (Lipinski definition) is 2. The second-order valence-corrected chi connectivity index (χ2v) is 10.1. The summed E-state index contributed by atoms with van der Waals surface area (Å²) in [5.74, 6) is 0.344. The van der Waals surface area contributed by atoms with Crippen LogP contribution in [0.4, 0.5) is 0 Å². The van der Waals surface area contributed by atoms with Gasteiger partial charge in [-0.2, -0.15) is 0 Å². The Kier molecular flexibility index (Phi) is 5.64. The van der Waals surface area contributed by atoms with Crippen molar-refractivity contribution in [1.29, 1.82) is 0 Å². The second kappa shape index (κ2) is 9.42. The minimum Gasteiger partial charge on any atom is -0.456 e. The lowest BCUT2D eigenvalue weighted by Gasteiger charge is -2.37. The summed E-state index contributed by atoms with van der Waals surface area (Å²) in [5, 5.41) is 10.1. The lowest BCUT2D eigenvalue weighted by molar-refractivity contribution is 0.394. The third-order valence-electron chi connectivity index (χ3n) is 7.78. The molecule has 2 N–H and O–H groups in total. The molecule has 1 aromatic heterocycles. The maximum absolute atomic E-state index is 6.18. The zero-order chi connectivity index (χ0) is 24.6. The van der Waals surface area contributed by atoms with E-state index >= 15 is 0 Å². The molecule has 0 radical (unpaired) electrons. The van der Waals surface area contributed by atoms with Gasteiger partial charge < -0.3 is 9.73 Å². The highest BCUT2D eigenvalue weighted by Crippen LogP contribution is 2.37. The van der Waals surface area contributed by atoms with E-state index in [-0.39, 0.29) is 12.2 Å². The highest BCUT2D eigenvalue weighted by molar-refractivity contribution is 6.11. The Morgan fingerprint density at radius 2 is 1.68 bits per heavy atom. The summed E-state index contributed by atoms with van der Waals surface area (Å²) in [6.07, 6.45) is 19.5. The van der Waals surface area contributed by atoms with E-state index in [0.29, 0.717) is 5.92 Å². The largest absolute Gasteiger partial charge is 0.456 e. The van der Waals surface area contributed by atoms with Crippen LogP contribution in [0.15, 0.2) is 125 Å². The molecule has 3 heteroatoms. The van der Waals surface area contributed by atoms with E-state index in [1.54, 1.807) is 0 Å². The fourth-order valence-electron chi connectivity index (χ4n) is 5.92. The third kappa shape index (κ3) is 4.16. The summed E-state index contributed by atoms with van der Waals surface area (Å²) in [6.45, 7) is 0. The monoisotopic (exact) mass is 482 g/mol. The minimum atomic E-state index is 0.124. The van der Waals surface area contributed by atoms with Crippen LogP contribution >= 0.6 is 0 Å². The molecule has 3 aliphatic rings. The number of fused-ring (bicyclic) bond motifs is 3. The molecule has 182 valence electrons. The van der Waals surface area contributed by atoms with Crippen LogP contribution in [-0.2, 0) is 0 Å². The summed E-state index contributed by atoms with van der Waals surface area (Å²) in [6, 6.07) is 25.7. The van der Waals surface area contributed by atoms with E-state index in [2.05, 4.69) is 120 Å². The van der Waals surface area contributed by atoms with Gasteiger partial charge in [-0.25, -0.2) is 0 Å². The molecule has 0 saturated carbocycles. The fraction of sp³-hybridized carbons (Fsp3) is 0.176. The quantitative estimate of drug-likeness (QED) is 0.312. The van der Waals surface area contributed by atoms with Crippen LogP contribution in [0.1, 0.15) is 30.4 Å². The van der Waals surface area contributed by atoms with Crippen molar-refractivity contribution in [3.05, 3.63) is 132 Å². The van der Waals surface area contributed by atoms with E-state index < -0.39 is 0 Å². The van der Waals surface area contributed by atoms with Crippen molar-refractivity contribution < 1.29 is 4.42 Å². The van der Waals surface area contributed by atoms with E-state index in [9.17, 15) is 0 Å². The molecule has 0 amide bonds. The second-order valence-electron chi connectivity index (χ2n) is 10.1. The van der Waals surface area contributed by atoms with Gasteiger partial charge in [-0.3, -0.25) is 5.32 Å². The molecule has 3 nitrogen and oxygen atoms in total. The molecule has 3 unspecified atom stereocenters. The van der Waals surface area contributed by atoms with Gasteiger partial charge in [0.2, 0.25) is 0 Å². The summed E-state index contributed by atoms with van der Waals surface area (Å²) in [4.78, 5) is 0. The number of para-hydroxylation sites is 1. The van der Waals surface area contributed by atoms with Crippen molar-refractivity contribution in [2.75, 3.05) is 0 Å². The van der Waals surface area contributed by atoms with Crippen molar-refractivity contribution >= 4 is 33.2 Å². The number of rotatable bonds is 4. The van der Waals surface area contributed by atoms with Gasteiger partial charge in [0.05, 0.1) is 6.17 Å². The van der Waals surface area contributed by atoms with Gasteiger partial charge in [0, 0.05) is 28.4 Å². The van der Waals surface area contributed by atoms with Crippen LogP contribution in [0.5, 0.6) is 0 Å². The van der Waals surface area contributed by atoms with Gasteiger partial charge in [0.1, 0.15) is 11.2 Å². The molecule has 3 atom stereocenters. The molecule has 1 aliphatic heterocycles. The lowest BCUT2D eigenvalue weighted by atomic mass is 9.84. The van der Waals surface area contributed by atoms with Crippen molar-refractivity contribution in [2.24, 2.45) is 5.92 Å². The highest BCUT2D eigenvalue weighted by atomic mass is 16.3. The molecule has 37 heavy (non-hydrogen) atoms. The van der Waals surface area contributed by atoms with Gasteiger partial charge in [-0.15, -0.1) is 0 Å². The third-order valence-corrected chi connectivity index (χ3v) is 7.78. The standard InChI is InChI=1S/C34H30N2O/c1-3-11-23(12-4-1)29-22-30(36-34(35-29)24-13-5-2-6-14-24)26-16-9-15-25(21-26)27-18-10-20-32-33(27)28-17-7-8-19-31(28)37-32/h1-5,7-13,15,17-22,26,30,34-36H,6,14,16H2. The molecule has 4 aromatic rings. The molecule has 0 spiro atoms. The lowest BCUT2D eigenvalue weighted by Crippen LogP contribution is -2.53. The number of allylic oxidation sites excluding steroid dienone is 6. The number of hydrogen-bond acceptors (Lipinski definition) is 3. The first-order valence-electron chi connectivity index (χ1n) is 13.3. The van der Waals surface area contributed by atoms with Crippen molar-refractivity contribution in [3.63, 3.8) is 0 Å². The summed E-state index contributed by atoms with van der Waals surface area (Å²) < 4.78 is 6.18. The van der Waals surface area contributed by atoms with Crippen LogP contribution < -0.4 is 10.6 Å². The van der Waals surface area contributed by atoms with Crippen LogP contribution in [-0.4, -0.2) is 12.2 Å². The Labute approximate surface area is 217 Å². The van der Waals surface area contributed by atoms with E-state index in [1.807, 2.05) is 6.07 Å². The van der Waals surface area contributed by atoms with E-state index in [4.69, 9.17) is 4.42 Å². The summed E-state index contributed by atoms with van der Waals surface area (Å²) >= 11 is 0. The zero-order valence-corrected chi connectivity index (χ0v) is 20.7. The minimum absolute atomic E-state index is 0.124. The van der Waals surface area contributed by atoms with Crippen LogP contribution in [0.25, 0.3) is 33.2 Å². The maximum atomic E-state index is 6.18. The Balaban J connectivity index is 1.28. The van der Waals surface area contributed by atoms with E-state index in [1.165, 1.54) is 38.7 Å². The summed E-state index contributed by atoms with van der Waals surface area (Å²) in [7, 11) is 0. The van der Waals surface area contributed by atoms with Crippen molar-refractivity contribution in [2.45, 2.75) is 31.5 Å². The highest BCUT2D eigenvalue weighted by Gasteiger charge is 2.29. The molecule has 2 aliphatic carbocycles. The van der Waals surface area contributed by atoms with Crippen LogP contribution in [0.2, 0.25) is 0 Å². The Bertz CT molecular complexity index is 1620. The van der Waals surface area contributed by atoms with Crippen molar-refractivity contribution in [3.8, 4) is 0 Å². The van der Waals surface area contributed by atoms with Crippen LogP contribution in [0.3, 0.4) is 0 Å². The predicted octanol–water partition coefficient (Wildman–Crippen LogP) is 7.75. The first-order valence-corrected chi connectivity index (χ1v) is 13.3. The van der Waals surface area contributed by atoms with Gasteiger partial charge in [0.25, 0.3) is 0 Å². The molecule has 0 fully saturated rings. The van der Waals surface area contributed by atoms with Crippen LogP contribution in [0, 0.1) is 5.92 Å². The average molecular weight is 483 g/mol. The van der Waals surface area contributed by atoms with Gasteiger partial charge >= 0.3 is 0 Å². The SMILES string of the molecule is C1=CCCC(C2NC(c3ccccc3)=CC(C3C=C(c4cccc5oc6ccccc6c45)C=CC3)N2)=C1. The van der Waals surface area contributed by atoms with Crippen molar-refractivity contribution in [1.82, 2.24) is 10.6 Å². The van der Waals surface area contributed by atoms with E-state index in [0.717, 1.165) is 30.4 Å². The normalized spacial score (nSPS) is 23.5. The summed E-state index contributed by atoms with van der Waals surface area (Å²) in [5.41, 5.74) is 8.24. The molecular formula is C34H30N2O. The first kappa shape index (κ1) is 22.1. The smallest absolute Gasteiger partial charge is 0.136 e. The maximum Gasteiger partial charge on any atom is 0.136 e. The fourth-order valence-corrected chi connectivity index (χ4v) is 5.92. The number of nitrogens with one attached hydrogen (secondary N) is 2. The zero-order valence-electron chi connectivity index (χ0n) is 20.7. The molecule has 7 rings (SSSR count). The molecule has 0 bridgehead atoms. The number of furan rings is 1. The van der Waals surface area contributed by atoms with Gasteiger partial charge in [-0.1, -0.05) is 97.1 Å². The average Bonchev–Trinajstić information content (AvgIpc) is 3.37. The topological polar surface area (TPSA) is 37.2 Å². The molecule has 2 heterocycles. The molecule has 3 aromatic carbocycles. The molecular weight excluding hydrogens is 452 g/mol. The Morgan fingerprint density at radius 1 is 0.811 bits per heavy atom. The predicted molar refractivity (Wildman–Crippen MR) is 154 cm³/mol.